The third-order valence-electron chi connectivity index (χ3n) is 2.69. The van der Waals surface area contributed by atoms with E-state index in [4.69, 9.17) is 11.6 Å². The first-order chi connectivity index (χ1) is 10.8. The van der Waals surface area contributed by atoms with Gasteiger partial charge in [-0.05, 0) is 29.8 Å². The fourth-order valence-electron chi connectivity index (χ4n) is 1.68. The van der Waals surface area contributed by atoms with Gasteiger partial charge in [0.25, 0.3) is 0 Å². The van der Waals surface area contributed by atoms with Crippen molar-refractivity contribution in [3.8, 4) is 0 Å². The van der Waals surface area contributed by atoms with Crippen molar-refractivity contribution in [3.05, 3.63) is 54.0 Å². The predicted octanol–water partition coefficient (Wildman–Crippen LogP) is 4.02. The Bertz CT molecular complexity index is 749. The summed E-state index contributed by atoms with van der Waals surface area (Å²) >= 11 is 5.57. The maximum Gasteiger partial charge on any atom is 0.421 e. The number of hydrogen-bond donors (Lipinski definition) is 2. The maximum atomic E-state index is 13.0. The van der Waals surface area contributed by atoms with Gasteiger partial charge in [0.1, 0.15) is 11.4 Å². The molecular weight excluding hydrogens is 333 g/mol. The van der Waals surface area contributed by atoms with Gasteiger partial charge in [0.2, 0.25) is 11.2 Å². The van der Waals surface area contributed by atoms with Gasteiger partial charge in [-0.1, -0.05) is 18.7 Å². The summed E-state index contributed by atoms with van der Waals surface area (Å²) in [6.07, 6.45) is -3.03. The van der Waals surface area contributed by atoms with Crippen molar-refractivity contribution in [1.82, 2.24) is 9.97 Å². The number of carbonyl (C=O) groups excluding carboxylic acids is 1. The van der Waals surface area contributed by atoms with E-state index in [1.54, 1.807) is 12.1 Å². The SMILES string of the molecule is C=CC(=O)Nc1ccccc1Nc1nc(Cl)ncc1C(F)(F)F. The van der Waals surface area contributed by atoms with Crippen LogP contribution in [-0.2, 0) is 11.0 Å². The number of anilines is 3. The van der Waals surface area contributed by atoms with Crippen molar-refractivity contribution < 1.29 is 18.0 Å². The minimum absolute atomic E-state index is 0.211. The lowest BCUT2D eigenvalue weighted by atomic mass is 10.2. The van der Waals surface area contributed by atoms with Gasteiger partial charge in [-0.3, -0.25) is 4.79 Å². The molecule has 0 unspecified atom stereocenters. The summed E-state index contributed by atoms with van der Waals surface area (Å²) in [7, 11) is 0. The number of para-hydroxylation sites is 2. The summed E-state index contributed by atoms with van der Waals surface area (Å²) in [4.78, 5) is 18.3. The highest BCUT2D eigenvalue weighted by atomic mass is 35.5. The van der Waals surface area contributed by atoms with Crippen LogP contribution in [0.5, 0.6) is 0 Å². The molecule has 2 rings (SSSR count). The second kappa shape index (κ2) is 6.66. The van der Waals surface area contributed by atoms with Crippen molar-refractivity contribution in [3.63, 3.8) is 0 Å². The number of amides is 1. The van der Waals surface area contributed by atoms with E-state index in [1.165, 1.54) is 12.1 Å². The Morgan fingerprint density at radius 3 is 2.52 bits per heavy atom. The van der Waals surface area contributed by atoms with Gasteiger partial charge in [-0.15, -0.1) is 0 Å². The van der Waals surface area contributed by atoms with Crippen LogP contribution < -0.4 is 10.6 Å². The number of rotatable bonds is 4. The van der Waals surface area contributed by atoms with Gasteiger partial charge in [-0.25, -0.2) is 4.98 Å². The Balaban J connectivity index is 2.42. The van der Waals surface area contributed by atoms with E-state index in [0.29, 0.717) is 6.20 Å². The molecule has 0 fully saturated rings. The van der Waals surface area contributed by atoms with Gasteiger partial charge in [0.15, 0.2) is 0 Å². The summed E-state index contributed by atoms with van der Waals surface area (Å²) in [6.45, 7) is 3.31. The normalized spacial score (nSPS) is 11.0. The molecule has 1 heterocycles. The molecule has 1 amide bonds. The zero-order valence-corrected chi connectivity index (χ0v) is 12.2. The van der Waals surface area contributed by atoms with E-state index < -0.39 is 23.5 Å². The monoisotopic (exact) mass is 342 g/mol. The molecule has 0 saturated carbocycles. The third-order valence-corrected chi connectivity index (χ3v) is 2.87. The van der Waals surface area contributed by atoms with Crippen LogP contribution in [0.3, 0.4) is 0 Å². The molecule has 0 radical (unpaired) electrons. The largest absolute Gasteiger partial charge is 0.421 e. The second-order valence-electron chi connectivity index (χ2n) is 4.26. The highest BCUT2D eigenvalue weighted by molar-refractivity contribution is 6.28. The molecule has 2 N–H and O–H groups in total. The average Bonchev–Trinajstić information content (AvgIpc) is 2.48. The van der Waals surface area contributed by atoms with Crippen LogP contribution >= 0.6 is 11.6 Å². The number of hydrogen-bond acceptors (Lipinski definition) is 4. The molecule has 1 aromatic carbocycles. The molecule has 23 heavy (non-hydrogen) atoms. The van der Waals surface area contributed by atoms with Gasteiger partial charge in [0, 0.05) is 6.20 Å². The molecule has 0 saturated heterocycles. The molecule has 0 aliphatic carbocycles. The van der Waals surface area contributed by atoms with E-state index in [1.807, 2.05) is 0 Å². The lowest BCUT2D eigenvalue weighted by Gasteiger charge is -2.15. The molecule has 5 nitrogen and oxygen atoms in total. The number of nitrogens with zero attached hydrogens (tertiary/aromatic N) is 2. The van der Waals surface area contributed by atoms with Crippen LogP contribution in [-0.4, -0.2) is 15.9 Å². The number of nitrogens with one attached hydrogen (secondary N) is 2. The van der Waals surface area contributed by atoms with Crippen LogP contribution in [0.2, 0.25) is 5.28 Å². The van der Waals surface area contributed by atoms with Crippen molar-refractivity contribution in [2.75, 3.05) is 10.6 Å². The van der Waals surface area contributed by atoms with E-state index in [-0.39, 0.29) is 16.7 Å². The molecule has 120 valence electrons. The van der Waals surface area contributed by atoms with Crippen molar-refractivity contribution in [1.29, 1.82) is 0 Å². The summed E-state index contributed by atoms with van der Waals surface area (Å²) in [5.74, 6) is -1.02. The number of benzene rings is 1. The molecule has 0 spiro atoms. The Labute approximate surface area is 134 Å². The van der Waals surface area contributed by atoms with Gasteiger partial charge >= 0.3 is 6.18 Å². The summed E-state index contributed by atoms with van der Waals surface area (Å²) < 4.78 is 39.0. The number of carbonyl (C=O) groups is 1. The van der Waals surface area contributed by atoms with E-state index in [2.05, 4.69) is 27.2 Å². The van der Waals surface area contributed by atoms with Crippen LogP contribution in [0, 0.1) is 0 Å². The van der Waals surface area contributed by atoms with E-state index in [0.717, 1.165) is 6.08 Å². The van der Waals surface area contributed by atoms with Gasteiger partial charge in [-0.2, -0.15) is 18.2 Å². The molecular formula is C14H10ClF3N4O. The topological polar surface area (TPSA) is 66.9 Å². The smallest absolute Gasteiger partial charge is 0.338 e. The fraction of sp³-hybridized carbons (Fsp3) is 0.0714. The highest BCUT2D eigenvalue weighted by Gasteiger charge is 2.35. The van der Waals surface area contributed by atoms with Gasteiger partial charge in [0.05, 0.1) is 11.4 Å². The second-order valence-corrected chi connectivity index (χ2v) is 4.60. The molecule has 1 aromatic heterocycles. The number of aromatic nitrogens is 2. The summed E-state index contributed by atoms with van der Waals surface area (Å²) in [6, 6.07) is 6.19. The Kier molecular flexibility index (Phi) is 4.85. The zero-order valence-electron chi connectivity index (χ0n) is 11.5. The summed E-state index contributed by atoms with van der Waals surface area (Å²) in [5.41, 5.74) is -0.602. The predicted molar refractivity (Wildman–Crippen MR) is 80.6 cm³/mol. The first kappa shape index (κ1) is 16.8. The Morgan fingerprint density at radius 2 is 1.91 bits per heavy atom. The molecule has 0 aliphatic heterocycles. The summed E-state index contributed by atoms with van der Waals surface area (Å²) in [5, 5.41) is 4.65. The Morgan fingerprint density at radius 1 is 1.26 bits per heavy atom. The minimum Gasteiger partial charge on any atom is -0.338 e. The zero-order chi connectivity index (χ0) is 17.0. The average molecular weight is 343 g/mol. The maximum absolute atomic E-state index is 13.0. The molecule has 2 aromatic rings. The lowest BCUT2D eigenvalue weighted by Crippen LogP contribution is -2.13. The van der Waals surface area contributed by atoms with Crippen molar-refractivity contribution >= 4 is 34.7 Å². The van der Waals surface area contributed by atoms with Crippen molar-refractivity contribution in [2.45, 2.75) is 6.18 Å². The number of halogens is 4. The molecule has 9 heteroatoms. The number of alkyl halides is 3. The van der Waals surface area contributed by atoms with Crippen LogP contribution in [0.15, 0.2) is 43.1 Å². The molecule has 0 bridgehead atoms. The quantitative estimate of drug-likeness (QED) is 0.650. The first-order valence-electron chi connectivity index (χ1n) is 6.20. The lowest BCUT2D eigenvalue weighted by molar-refractivity contribution is -0.137. The third kappa shape index (κ3) is 4.19. The van der Waals surface area contributed by atoms with Crippen LogP contribution in [0.1, 0.15) is 5.56 Å². The van der Waals surface area contributed by atoms with E-state index in [9.17, 15) is 18.0 Å². The standard InChI is InChI=1S/C14H10ClF3N4O/c1-2-11(23)20-9-5-3-4-6-10(9)21-12-8(14(16,17)18)7-19-13(15)22-12/h2-7H,1H2,(H,20,23)(H,19,21,22). The highest BCUT2D eigenvalue weighted by Crippen LogP contribution is 2.36. The van der Waals surface area contributed by atoms with Crippen LogP contribution in [0.4, 0.5) is 30.4 Å². The first-order valence-corrected chi connectivity index (χ1v) is 6.58. The van der Waals surface area contributed by atoms with E-state index >= 15 is 0 Å². The van der Waals surface area contributed by atoms with Crippen molar-refractivity contribution in [2.24, 2.45) is 0 Å². The Hall–Kier alpha value is -2.61. The minimum atomic E-state index is -4.66. The van der Waals surface area contributed by atoms with Crippen LogP contribution in [0.25, 0.3) is 0 Å². The van der Waals surface area contributed by atoms with Gasteiger partial charge < -0.3 is 10.6 Å². The fourth-order valence-corrected chi connectivity index (χ4v) is 1.81. The molecule has 0 aliphatic rings. The molecule has 0 atom stereocenters.